The zero-order valence-corrected chi connectivity index (χ0v) is 19.3. The van der Waals surface area contributed by atoms with Crippen molar-refractivity contribution < 1.29 is 18.4 Å². The monoisotopic (exact) mass is 488 g/mol. The molecule has 0 radical (unpaired) electrons. The van der Waals surface area contributed by atoms with Crippen molar-refractivity contribution >= 4 is 45.0 Å². The lowest BCUT2D eigenvalue weighted by atomic mass is 10.1. The van der Waals surface area contributed by atoms with Gasteiger partial charge in [-0.25, -0.2) is 9.37 Å². The number of nitrogens with zero attached hydrogens (tertiary/aromatic N) is 4. The topological polar surface area (TPSA) is 71.7 Å². The van der Waals surface area contributed by atoms with Crippen molar-refractivity contribution in [2.24, 2.45) is 0 Å². The largest absolute Gasteiger partial charge is 0.379 e. The van der Waals surface area contributed by atoms with E-state index in [4.69, 9.17) is 9.26 Å². The number of ether oxygens (including phenoxy) is 1. The maximum atomic E-state index is 14.2. The minimum absolute atomic E-state index is 0. The average molecular weight is 489 g/mol. The Kier molecular flexibility index (Phi) is 7.34. The third-order valence-electron chi connectivity index (χ3n) is 5.37. The van der Waals surface area contributed by atoms with Crippen molar-refractivity contribution in [1.82, 2.24) is 15.0 Å². The van der Waals surface area contributed by atoms with Crippen molar-refractivity contribution in [3.63, 3.8) is 0 Å². The van der Waals surface area contributed by atoms with Gasteiger partial charge in [-0.05, 0) is 12.1 Å². The fourth-order valence-electron chi connectivity index (χ4n) is 3.62. The van der Waals surface area contributed by atoms with E-state index in [9.17, 15) is 9.18 Å². The summed E-state index contributed by atoms with van der Waals surface area (Å²) in [5, 5.41) is 4.45. The quantitative estimate of drug-likeness (QED) is 0.398. The Balaban J connectivity index is 0.00000259. The molecule has 0 aliphatic carbocycles. The third kappa shape index (κ3) is 5.06. The molecule has 172 valence electrons. The molecule has 0 N–H and O–H groups in total. The molecule has 7 nitrogen and oxygen atoms in total. The van der Waals surface area contributed by atoms with Gasteiger partial charge in [0.2, 0.25) is 0 Å². The minimum Gasteiger partial charge on any atom is -0.379 e. The van der Waals surface area contributed by atoms with Crippen LogP contribution in [-0.2, 0) is 4.74 Å². The summed E-state index contributed by atoms with van der Waals surface area (Å²) in [6.07, 6.45) is 0. The lowest BCUT2D eigenvalue weighted by molar-refractivity contribution is 0.0391. The Bertz CT molecular complexity index is 1230. The Morgan fingerprint density at radius 2 is 1.91 bits per heavy atom. The third-order valence-corrected chi connectivity index (χ3v) is 6.41. The van der Waals surface area contributed by atoms with Crippen LogP contribution in [0.2, 0.25) is 0 Å². The normalized spacial score (nSPS) is 14.2. The van der Waals surface area contributed by atoms with E-state index in [1.54, 1.807) is 23.1 Å². The minimum atomic E-state index is -0.404. The highest BCUT2D eigenvalue weighted by molar-refractivity contribution is 7.22. The first-order chi connectivity index (χ1) is 15.7. The first-order valence-electron chi connectivity index (χ1n) is 10.4. The highest BCUT2D eigenvalue weighted by atomic mass is 35.5. The molecule has 0 saturated carbocycles. The van der Waals surface area contributed by atoms with Gasteiger partial charge in [-0.3, -0.25) is 14.6 Å². The maximum Gasteiger partial charge on any atom is 0.282 e. The number of aromatic nitrogens is 2. The van der Waals surface area contributed by atoms with Gasteiger partial charge in [-0.15, -0.1) is 12.4 Å². The molecule has 33 heavy (non-hydrogen) atoms. The van der Waals surface area contributed by atoms with Gasteiger partial charge in [-0.1, -0.05) is 52.9 Å². The van der Waals surface area contributed by atoms with Gasteiger partial charge >= 0.3 is 0 Å². The molecule has 3 heterocycles. The van der Waals surface area contributed by atoms with E-state index < -0.39 is 5.82 Å². The lowest BCUT2D eigenvalue weighted by Crippen LogP contribution is -2.43. The van der Waals surface area contributed by atoms with E-state index in [-0.39, 0.29) is 29.5 Å². The zero-order valence-electron chi connectivity index (χ0n) is 17.6. The summed E-state index contributed by atoms with van der Waals surface area (Å²) in [4.78, 5) is 21.7. The van der Waals surface area contributed by atoms with Gasteiger partial charge in [0.25, 0.3) is 5.91 Å². The number of anilines is 1. The van der Waals surface area contributed by atoms with Gasteiger partial charge in [0, 0.05) is 37.8 Å². The van der Waals surface area contributed by atoms with Gasteiger partial charge in [0.05, 0.1) is 17.9 Å². The molecule has 0 unspecified atom stereocenters. The average Bonchev–Trinajstić information content (AvgIpc) is 3.49. The highest BCUT2D eigenvalue weighted by Gasteiger charge is 2.26. The van der Waals surface area contributed by atoms with E-state index in [0.717, 1.165) is 18.7 Å². The van der Waals surface area contributed by atoms with Crippen molar-refractivity contribution in [2.75, 3.05) is 44.3 Å². The van der Waals surface area contributed by atoms with Crippen LogP contribution in [0.25, 0.3) is 21.5 Å². The number of hydrogen-bond acceptors (Lipinski definition) is 7. The second kappa shape index (κ2) is 10.4. The van der Waals surface area contributed by atoms with Crippen LogP contribution in [0.3, 0.4) is 0 Å². The summed E-state index contributed by atoms with van der Waals surface area (Å²) in [6.45, 7) is 4.00. The SMILES string of the molecule is Cl.O=C(c1cc(-c2ccccc2)on1)N(CCN1CCOCC1)c1nc2c(F)cccc2s1. The summed E-state index contributed by atoms with van der Waals surface area (Å²) >= 11 is 1.28. The molecule has 5 rings (SSSR count). The van der Waals surface area contributed by atoms with Crippen LogP contribution >= 0.6 is 23.7 Å². The molecule has 1 aliphatic rings. The van der Waals surface area contributed by atoms with Gasteiger partial charge in [0.1, 0.15) is 11.3 Å². The number of thiazole rings is 1. The molecule has 10 heteroatoms. The van der Waals surface area contributed by atoms with Crippen LogP contribution in [0, 0.1) is 5.82 Å². The molecule has 1 saturated heterocycles. The van der Waals surface area contributed by atoms with Crippen molar-refractivity contribution in [2.45, 2.75) is 0 Å². The van der Waals surface area contributed by atoms with Gasteiger partial charge in [0.15, 0.2) is 16.6 Å². The summed E-state index contributed by atoms with van der Waals surface area (Å²) < 4.78 is 25.8. The number of amides is 1. The second-order valence-electron chi connectivity index (χ2n) is 7.44. The number of hydrogen-bond donors (Lipinski definition) is 0. The van der Waals surface area contributed by atoms with Crippen LogP contribution in [0.15, 0.2) is 59.1 Å². The number of halogens is 2. The molecule has 0 atom stereocenters. The summed E-state index contributed by atoms with van der Waals surface area (Å²) in [5.74, 6) is -0.223. The fourth-order valence-corrected chi connectivity index (χ4v) is 4.63. The van der Waals surface area contributed by atoms with E-state index in [1.165, 1.54) is 17.4 Å². The predicted molar refractivity (Wildman–Crippen MR) is 128 cm³/mol. The van der Waals surface area contributed by atoms with Crippen molar-refractivity contribution in [3.05, 3.63) is 66.1 Å². The molecular weight excluding hydrogens is 467 g/mol. The van der Waals surface area contributed by atoms with E-state index >= 15 is 0 Å². The second-order valence-corrected chi connectivity index (χ2v) is 8.45. The molecule has 1 amide bonds. The van der Waals surface area contributed by atoms with Crippen LogP contribution < -0.4 is 4.90 Å². The fraction of sp³-hybridized carbons (Fsp3) is 0.261. The maximum absolute atomic E-state index is 14.2. The standard InChI is InChI=1S/C23H21FN4O3S.ClH/c24-17-7-4-8-20-21(17)25-23(32-20)28(10-9-27-11-13-30-14-12-27)22(29)18-15-19(31-26-18)16-5-2-1-3-6-16;/h1-8,15H,9-14H2;1H. The molecule has 1 aliphatic heterocycles. The molecule has 0 bridgehead atoms. The molecular formula is C23H22ClFN4O3S. The number of carbonyl (C=O) groups is 1. The molecule has 2 aromatic carbocycles. The van der Waals surface area contributed by atoms with E-state index in [0.29, 0.717) is 41.9 Å². The number of morpholine rings is 1. The predicted octanol–water partition coefficient (Wildman–Crippen LogP) is 4.49. The Labute approximate surface area is 200 Å². The van der Waals surface area contributed by atoms with E-state index in [1.807, 2.05) is 30.3 Å². The van der Waals surface area contributed by atoms with Gasteiger partial charge in [-0.2, -0.15) is 0 Å². The summed E-state index contributed by atoms with van der Waals surface area (Å²) in [5.41, 5.74) is 1.29. The Morgan fingerprint density at radius 1 is 1.12 bits per heavy atom. The van der Waals surface area contributed by atoms with Crippen LogP contribution in [0.4, 0.5) is 9.52 Å². The van der Waals surface area contributed by atoms with Crippen LogP contribution in [0.1, 0.15) is 10.5 Å². The summed E-state index contributed by atoms with van der Waals surface area (Å²) in [6, 6.07) is 15.9. The smallest absolute Gasteiger partial charge is 0.282 e. The number of benzene rings is 2. The molecule has 4 aromatic rings. The number of rotatable bonds is 6. The zero-order chi connectivity index (χ0) is 21.9. The van der Waals surface area contributed by atoms with E-state index in [2.05, 4.69) is 15.0 Å². The Hall–Kier alpha value is -2.85. The number of fused-ring (bicyclic) bond motifs is 1. The Morgan fingerprint density at radius 3 is 2.67 bits per heavy atom. The molecule has 1 fully saturated rings. The highest BCUT2D eigenvalue weighted by Crippen LogP contribution is 2.31. The molecule has 0 spiro atoms. The summed E-state index contributed by atoms with van der Waals surface area (Å²) in [7, 11) is 0. The van der Waals surface area contributed by atoms with Crippen molar-refractivity contribution in [3.8, 4) is 11.3 Å². The number of carbonyl (C=O) groups excluding carboxylic acids is 1. The number of para-hydroxylation sites is 1. The first-order valence-corrected chi connectivity index (χ1v) is 11.2. The lowest BCUT2D eigenvalue weighted by Gasteiger charge is -2.28. The van der Waals surface area contributed by atoms with Gasteiger partial charge < -0.3 is 9.26 Å². The van der Waals surface area contributed by atoms with Crippen LogP contribution in [-0.4, -0.2) is 60.3 Å². The van der Waals surface area contributed by atoms with Crippen LogP contribution in [0.5, 0.6) is 0 Å². The van der Waals surface area contributed by atoms with Crippen molar-refractivity contribution in [1.29, 1.82) is 0 Å². The molecule has 2 aromatic heterocycles. The first kappa shape index (κ1) is 23.3.